The van der Waals surface area contributed by atoms with Crippen molar-refractivity contribution in [2.45, 2.75) is 11.0 Å². The van der Waals surface area contributed by atoms with E-state index in [-0.39, 0.29) is 11.0 Å². The first kappa shape index (κ1) is 16.4. The molecule has 0 aliphatic carbocycles. The topological polar surface area (TPSA) is 60.8 Å². The number of hydrogen-bond acceptors (Lipinski definition) is 4. The van der Waals surface area contributed by atoms with Gasteiger partial charge in [-0.15, -0.1) is 0 Å². The second kappa shape index (κ2) is 6.11. The fraction of sp³-hybridized carbons (Fsp3) is 0.143. The van der Waals surface area contributed by atoms with Crippen molar-refractivity contribution in [3.63, 3.8) is 0 Å². The zero-order chi connectivity index (χ0) is 18.4. The van der Waals surface area contributed by atoms with Crippen LogP contribution in [0.4, 0.5) is 0 Å². The van der Waals surface area contributed by atoms with Gasteiger partial charge in [0.1, 0.15) is 18.5 Å². The maximum absolute atomic E-state index is 13.4. The largest absolute Gasteiger partial charge is 0.490 e. The van der Waals surface area contributed by atoms with Gasteiger partial charge in [-0.25, -0.2) is 12.4 Å². The summed E-state index contributed by atoms with van der Waals surface area (Å²) in [5, 5.41) is 1.65. The monoisotopic (exact) mass is 379 g/mol. The Labute approximate surface area is 156 Å². The maximum Gasteiger partial charge on any atom is 0.268 e. The van der Waals surface area contributed by atoms with Gasteiger partial charge in [0.25, 0.3) is 10.0 Å². The number of hydrogen-bond donors (Lipinski definition) is 0. The van der Waals surface area contributed by atoms with Crippen molar-refractivity contribution in [3.05, 3.63) is 72.8 Å². The number of nitrogens with zero attached hydrogens (tertiary/aromatic N) is 1. The molecule has 0 N–H and O–H groups in total. The number of benzene rings is 3. The second-order valence-corrected chi connectivity index (χ2v) is 8.30. The number of para-hydroxylation sites is 1. The van der Waals surface area contributed by atoms with E-state index in [1.54, 1.807) is 30.3 Å². The van der Waals surface area contributed by atoms with E-state index in [0.29, 0.717) is 30.0 Å². The van der Waals surface area contributed by atoms with Crippen molar-refractivity contribution in [2.24, 2.45) is 0 Å². The third-order valence-corrected chi connectivity index (χ3v) is 6.47. The number of ether oxygens (including phenoxy) is 2. The number of epoxide rings is 1. The van der Waals surface area contributed by atoms with Crippen molar-refractivity contribution in [3.8, 4) is 5.75 Å². The Morgan fingerprint density at radius 1 is 0.926 bits per heavy atom. The lowest BCUT2D eigenvalue weighted by atomic mass is 10.1. The zero-order valence-electron chi connectivity index (χ0n) is 14.4. The van der Waals surface area contributed by atoms with Crippen LogP contribution in [0.25, 0.3) is 21.8 Å². The minimum atomic E-state index is -3.75. The molecule has 0 radical (unpaired) electrons. The van der Waals surface area contributed by atoms with E-state index in [1.165, 1.54) is 3.97 Å². The Kier molecular flexibility index (Phi) is 3.70. The first-order chi connectivity index (χ1) is 13.2. The van der Waals surface area contributed by atoms with E-state index in [0.717, 1.165) is 10.8 Å². The quantitative estimate of drug-likeness (QED) is 0.495. The Bertz CT molecular complexity index is 1240. The predicted octanol–water partition coefficient (Wildman–Crippen LogP) is 3.81. The number of rotatable bonds is 5. The Balaban J connectivity index is 1.80. The number of fused-ring (bicyclic) bond motifs is 3. The third-order valence-electron chi connectivity index (χ3n) is 4.72. The van der Waals surface area contributed by atoms with Gasteiger partial charge >= 0.3 is 0 Å². The summed E-state index contributed by atoms with van der Waals surface area (Å²) in [6.07, 6.45) is 0.127. The molecule has 1 fully saturated rings. The summed E-state index contributed by atoms with van der Waals surface area (Å²) in [6.45, 7) is 1.17. The van der Waals surface area contributed by atoms with E-state index in [1.807, 2.05) is 42.5 Å². The lowest BCUT2D eigenvalue weighted by Gasteiger charge is -2.10. The molecule has 0 bridgehead atoms. The molecule has 0 spiro atoms. The lowest BCUT2D eigenvalue weighted by molar-refractivity contribution is 0.265. The molecule has 5 rings (SSSR count). The predicted molar refractivity (Wildman–Crippen MR) is 104 cm³/mol. The number of aromatic nitrogens is 1. The van der Waals surface area contributed by atoms with Crippen LogP contribution in [0, 0.1) is 0 Å². The van der Waals surface area contributed by atoms with E-state index in [4.69, 9.17) is 9.47 Å². The summed E-state index contributed by atoms with van der Waals surface area (Å²) in [5.41, 5.74) is 1.24. The van der Waals surface area contributed by atoms with Crippen LogP contribution in [0.15, 0.2) is 77.7 Å². The summed E-state index contributed by atoms with van der Waals surface area (Å²) >= 11 is 0. The molecule has 136 valence electrons. The Morgan fingerprint density at radius 2 is 1.63 bits per heavy atom. The van der Waals surface area contributed by atoms with Crippen molar-refractivity contribution in [1.29, 1.82) is 0 Å². The summed E-state index contributed by atoms with van der Waals surface area (Å²) in [4.78, 5) is 0.255. The summed E-state index contributed by atoms with van der Waals surface area (Å²) in [6, 6.07) is 21.5. The second-order valence-electron chi connectivity index (χ2n) is 6.52. The average Bonchev–Trinajstić information content (AvgIpc) is 3.46. The third kappa shape index (κ3) is 2.69. The Morgan fingerprint density at radius 3 is 2.41 bits per heavy atom. The van der Waals surface area contributed by atoms with E-state index >= 15 is 0 Å². The van der Waals surface area contributed by atoms with Gasteiger partial charge in [0.2, 0.25) is 0 Å². The maximum atomic E-state index is 13.4. The summed E-state index contributed by atoms with van der Waals surface area (Å²) < 4.78 is 39.4. The van der Waals surface area contributed by atoms with Gasteiger partial charge in [-0.05, 0) is 30.3 Å². The first-order valence-corrected chi connectivity index (χ1v) is 10.2. The molecule has 1 aliphatic heterocycles. The molecule has 0 amide bonds. The molecule has 1 atom stereocenters. The molecule has 5 nitrogen and oxygen atoms in total. The molecule has 0 saturated carbocycles. The highest BCUT2D eigenvalue weighted by Gasteiger charge is 2.26. The minimum absolute atomic E-state index is 0.127. The van der Waals surface area contributed by atoms with Crippen LogP contribution in [0.5, 0.6) is 5.75 Å². The fourth-order valence-electron chi connectivity index (χ4n) is 3.38. The molecule has 1 aliphatic rings. The molecule has 1 unspecified atom stereocenters. The van der Waals surface area contributed by atoms with Crippen LogP contribution in [-0.4, -0.2) is 31.7 Å². The van der Waals surface area contributed by atoms with Crippen LogP contribution in [0.1, 0.15) is 0 Å². The highest BCUT2D eigenvalue weighted by molar-refractivity contribution is 7.90. The van der Waals surface area contributed by atoms with Crippen LogP contribution in [-0.2, 0) is 14.8 Å². The van der Waals surface area contributed by atoms with Gasteiger partial charge in [0.15, 0.2) is 0 Å². The van der Waals surface area contributed by atoms with Crippen LogP contribution >= 0.6 is 0 Å². The van der Waals surface area contributed by atoms with Crippen LogP contribution in [0.2, 0.25) is 0 Å². The highest BCUT2D eigenvalue weighted by Crippen LogP contribution is 2.38. The average molecular weight is 379 g/mol. The Hall–Kier alpha value is -2.83. The smallest absolute Gasteiger partial charge is 0.268 e. The molecule has 1 saturated heterocycles. The van der Waals surface area contributed by atoms with Crippen molar-refractivity contribution >= 4 is 31.8 Å². The molecule has 6 heteroatoms. The van der Waals surface area contributed by atoms with E-state index < -0.39 is 10.0 Å². The van der Waals surface area contributed by atoms with E-state index in [9.17, 15) is 8.42 Å². The minimum Gasteiger partial charge on any atom is -0.490 e. The molecule has 4 aromatic rings. The van der Waals surface area contributed by atoms with Gasteiger partial charge in [-0.1, -0.05) is 42.5 Å². The zero-order valence-corrected chi connectivity index (χ0v) is 15.2. The SMILES string of the molecule is O=S(=O)(c1ccccc1)n1c2ccccc2c2c(OCC3CO3)cccc21. The first-order valence-electron chi connectivity index (χ1n) is 8.73. The molecular formula is C21H17NO4S. The van der Waals surface area contributed by atoms with Gasteiger partial charge in [0, 0.05) is 5.39 Å². The van der Waals surface area contributed by atoms with Gasteiger partial charge in [-0.3, -0.25) is 0 Å². The van der Waals surface area contributed by atoms with Crippen LogP contribution in [0.3, 0.4) is 0 Å². The van der Waals surface area contributed by atoms with Gasteiger partial charge < -0.3 is 9.47 Å². The van der Waals surface area contributed by atoms with E-state index in [2.05, 4.69) is 0 Å². The normalized spacial score (nSPS) is 16.7. The molecule has 1 aromatic heterocycles. The molecular weight excluding hydrogens is 362 g/mol. The highest BCUT2D eigenvalue weighted by atomic mass is 32.2. The van der Waals surface area contributed by atoms with Crippen LogP contribution < -0.4 is 4.74 Å². The van der Waals surface area contributed by atoms with Crippen molar-refractivity contribution in [1.82, 2.24) is 3.97 Å². The van der Waals surface area contributed by atoms with Gasteiger partial charge in [-0.2, -0.15) is 0 Å². The lowest BCUT2D eigenvalue weighted by Crippen LogP contribution is -2.12. The summed E-state index contributed by atoms with van der Waals surface area (Å²) in [5.74, 6) is 0.668. The molecule has 2 heterocycles. The van der Waals surface area contributed by atoms with Gasteiger partial charge in [0.05, 0.1) is 27.9 Å². The summed E-state index contributed by atoms with van der Waals surface area (Å²) in [7, 11) is -3.75. The molecule has 3 aromatic carbocycles. The van der Waals surface area contributed by atoms with Crippen molar-refractivity contribution < 1.29 is 17.9 Å². The van der Waals surface area contributed by atoms with Crippen molar-refractivity contribution in [2.75, 3.05) is 13.2 Å². The standard InChI is InChI=1S/C21H17NO4S/c23-27(24,16-7-2-1-3-8-16)22-18-10-5-4-9-17(18)21-19(22)11-6-12-20(21)26-14-15-13-25-15/h1-12,15H,13-14H2. The molecule has 27 heavy (non-hydrogen) atoms. The fourth-order valence-corrected chi connectivity index (χ4v) is 4.92.